The molecule has 0 spiro atoms. The fourth-order valence-electron chi connectivity index (χ4n) is 6.27. The average molecular weight is 337 g/mol. The summed E-state index contributed by atoms with van der Waals surface area (Å²) in [6, 6.07) is 3.62. The Morgan fingerprint density at radius 1 is 1.36 bits per heavy atom. The third kappa shape index (κ3) is 2.12. The van der Waals surface area contributed by atoms with Gasteiger partial charge in [-0.3, -0.25) is 0 Å². The molecular formula is C22H24FNO. The maximum absolute atomic E-state index is 14.6. The molecule has 3 aliphatic rings. The summed E-state index contributed by atoms with van der Waals surface area (Å²) in [6.45, 7) is 9.35. The Labute approximate surface area is 149 Å². The van der Waals surface area contributed by atoms with Crippen LogP contribution in [0.1, 0.15) is 62.5 Å². The normalized spacial score (nSPS) is 38.8. The van der Waals surface area contributed by atoms with Gasteiger partial charge in [-0.1, -0.05) is 19.1 Å². The van der Waals surface area contributed by atoms with Crippen molar-refractivity contribution in [1.82, 2.24) is 0 Å². The first-order valence-corrected chi connectivity index (χ1v) is 9.30. The minimum atomic E-state index is -0.753. The molecule has 3 heteroatoms. The Morgan fingerprint density at radius 3 is 2.88 bits per heavy atom. The van der Waals surface area contributed by atoms with Crippen LogP contribution in [-0.2, 0) is 6.42 Å². The van der Waals surface area contributed by atoms with E-state index < -0.39 is 5.60 Å². The molecule has 2 fully saturated rings. The molecule has 0 aliphatic heterocycles. The van der Waals surface area contributed by atoms with Crippen molar-refractivity contribution < 1.29 is 9.50 Å². The highest BCUT2D eigenvalue weighted by Crippen LogP contribution is 2.65. The van der Waals surface area contributed by atoms with Crippen LogP contribution >= 0.6 is 0 Å². The van der Waals surface area contributed by atoms with Crippen molar-refractivity contribution in [2.45, 2.75) is 63.4 Å². The van der Waals surface area contributed by atoms with Crippen molar-refractivity contribution in [3.63, 3.8) is 0 Å². The van der Waals surface area contributed by atoms with E-state index in [0.717, 1.165) is 43.2 Å². The van der Waals surface area contributed by atoms with Crippen LogP contribution in [0.25, 0.3) is 4.85 Å². The molecule has 2 nitrogen and oxygen atoms in total. The standard InChI is InChI=1S/C22H24FNO/c1-4-11-22(25)13-10-18-16-5-6-17-14(7-8-19(24-3)20(17)23)15(16)9-12-21(18,22)2/h1,7-8,15-16,18,25H,5-6,9-13H2,2H3/t15?,16?,18?,21-,22-/m0/s1. The lowest BCUT2D eigenvalue weighted by Gasteiger charge is -2.53. The van der Waals surface area contributed by atoms with Crippen LogP contribution in [-0.4, -0.2) is 10.7 Å². The zero-order valence-corrected chi connectivity index (χ0v) is 14.7. The summed E-state index contributed by atoms with van der Waals surface area (Å²) in [4.78, 5) is 3.31. The third-order valence-corrected chi connectivity index (χ3v) is 7.66. The smallest absolute Gasteiger partial charge is 0.222 e. The van der Waals surface area contributed by atoms with Crippen molar-refractivity contribution in [3.8, 4) is 12.3 Å². The summed E-state index contributed by atoms with van der Waals surface area (Å²) in [5.41, 5.74) is 1.12. The third-order valence-electron chi connectivity index (χ3n) is 7.66. The molecule has 3 unspecified atom stereocenters. The largest absolute Gasteiger partial charge is 0.388 e. The van der Waals surface area contributed by atoms with Crippen LogP contribution in [0.15, 0.2) is 12.1 Å². The van der Waals surface area contributed by atoms with Gasteiger partial charge in [0.2, 0.25) is 5.69 Å². The van der Waals surface area contributed by atoms with Gasteiger partial charge in [0.15, 0.2) is 0 Å². The maximum Gasteiger partial charge on any atom is 0.222 e. The summed E-state index contributed by atoms with van der Waals surface area (Å²) in [6.07, 6.45) is 11.3. The minimum Gasteiger partial charge on any atom is -0.388 e. The van der Waals surface area contributed by atoms with Gasteiger partial charge < -0.3 is 5.11 Å². The molecule has 0 bridgehead atoms. The van der Waals surface area contributed by atoms with Gasteiger partial charge in [-0.25, -0.2) is 9.24 Å². The van der Waals surface area contributed by atoms with Crippen molar-refractivity contribution in [1.29, 1.82) is 0 Å². The second-order valence-electron chi connectivity index (χ2n) is 8.40. The first kappa shape index (κ1) is 16.6. The topological polar surface area (TPSA) is 24.6 Å². The summed E-state index contributed by atoms with van der Waals surface area (Å²) >= 11 is 0. The van der Waals surface area contributed by atoms with Crippen LogP contribution in [0.5, 0.6) is 0 Å². The molecule has 1 aromatic rings. The van der Waals surface area contributed by atoms with Gasteiger partial charge in [0.05, 0.1) is 12.2 Å². The highest BCUT2D eigenvalue weighted by Gasteiger charge is 2.61. The molecule has 0 aromatic heterocycles. The average Bonchev–Trinajstić information content (AvgIpc) is 2.87. The molecule has 25 heavy (non-hydrogen) atoms. The highest BCUT2D eigenvalue weighted by atomic mass is 19.1. The fourth-order valence-corrected chi connectivity index (χ4v) is 6.27. The predicted molar refractivity (Wildman–Crippen MR) is 95.7 cm³/mol. The zero-order chi connectivity index (χ0) is 17.8. The zero-order valence-electron chi connectivity index (χ0n) is 14.7. The van der Waals surface area contributed by atoms with Crippen LogP contribution in [0.3, 0.4) is 0 Å². The van der Waals surface area contributed by atoms with E-state index in [0.29, 0.717) is 30.6 Å². The van der Waals surface area contributed by atoms with Crippen LogP contribution in [0.4, 0.5) is 10.1 Å². The summed E-state index contributed by atoms with van der Waals surface area (Å²) < 4.78 is 14.6. The Kier molecular flexibility index (Phi) is 3.71. The number of halogens is 1. The molecule has 130 valence electrons. The number of rotatable bonds is 1. The molecule has 5 atom stereocenters. The van der Waals surface area contributed by atoms with Gasteiger partial charge >= 0.3 is 0 Å². The number of benzene rings is 1. The van der Waals surface area contributed by atoms with Crippen molar-refractivity contribution in [3.05, 3.63) is 40.5 Å². The van der Waals surface area contributed by atoms with E-state index in [1.165, 1.54) is 0 Å². The molecule has 2 saturated carbocycles. The van der Waals surface area contributed by atoms with Crippen molar-refractivity contribution in [2.75, 3.05) is 0 Å². The first-order chi connectivity index (χ1) is 11.9. The van der Waals surface area contributed by atoms with Crippen molar-refractivity contribution >= 4 is 5.69 Å². The number of hydrogen-bond donors (Lipinski definition) is 1. The Morgan fingerprint density at radius 2 is 2.16 bits per heavy atom. The van der Waals surface area contributed by atoms with E-state index in [1.807, 2.05) is 6.07 Å². The molecule has 0 amide bonds. The van der Waals surface area contributed by atoms with E-state index in [9.17, 15) is 9.50 Å². The first-order valence-electron chi connectivity index (χ1n) is 9.30. The molecule has 0 heterocycles. The summed E-state index contributed by atoms with van der Waals surface area (Å²) in [5.74, 6) is 3.66. The Hall–Kier alpha value is -1.84. The van der Waals surface area contributed by atoms with E-state index >= 15 is 0 Å². The second kappa shape index (κ2) is 5.58. The van der Waals surface area contributed by atoms with Gasteiger partial charge in [-0.2, -0.15) is 0 Å². The number of terminal acetylenes is 1. The fraction of sp³-hybridized carbons (Fsp3) is 0.591. The van der Waals surface area contributed by atoms with E-state index in [1.54, 1.807) is 6.07 Å². The van der Waals surface area contributed by atoms with Crippen molar-refractivity contribution in [2.24, 2.45) is 17.3 Å². The quantitative estimate of drug-likeness (QED) is 0.567. The molecule has 3 aliphatic carbocycles. The molecule has 0 saturated heterocycles. The monoisotopic (exact) mass is 337 g/mol. The van der Waals surface area contributed by atoms with Crippen LogP contribution in [0, 0.1) is 42.0 Å². The van der Waals surface area contributed by atoms with Gasteiger partial charge in [0.1, 0.15) is 5.82 Å². The van der Waals surface area contributed by atoms with E-state index in [4.69, 9.17) is 13.0 Å². The Bertz CT molecular complexity index is 803. The lowest BCUT2D eigenvalue weighted by Crippen LogP contribution is -2.50. The molecule has 4 rings (SSSR count). The van der Waals surface area contributed by atoms with Gasteiger partial charge in [0, 0.05) is 11.8 Å². The minimum absolute atomic E-state index is 0.132. The highest BCUT2D eigenvalue weighted by molar-refractivity contribution is 5.53. The van der Waals surface area contributed by atoms with Crippen LogP contribution < -0.4 is 0 Å². The number of fused-ring (bicyclic) bond motifs is 5. The number of aliphatic hydroxyl groups is 1. The summed E-state index contributed by atoms with van der Waals surface area (Å²) in [7, 11) is 0. The number of hydrogen-bond acceptors (Lipinski definition) is 1. The van der Waals surface area contributed by atoms with Gasteiger partial charge in [-0.05, 0) is 67.4 Å². The van der Waals surface area contributed by atoms with E-state index in [-0.39, 0.29) is 16.9 Å². The number of nitrogens with zero attached hydrogens (tertiary/aromatic N) is 1. The lowest BCUT2D eigenvalue weighted by molar-refractivity contribution is -0.0991. The van der Waals surface area contributed by atoms with E-state index in [2.05, 4.69) is 17.7 Å². The maximum atomic E-state index is 14.6. The summed E-state index contributed by atoms with van der Waals surface area (Å²) in [5, 5.41) is 11.2. The second-order valence-corrected chi connectivity index (χ2v) is 8.40. The molecule has 1 aromatic carbocycles. The van der Waals surface area contributed by atoms with Crippen LogP contribution in [0.2, 0.25) is 0 Å². The molecule has 0 radical (unpaired) electrons. The van der Waals surface area contributed by atoms with Gasteiger partial charge in [-0.15, -0.1) is 12.3 Å². The predicted octanol–water partition coefficient (Wildman–Crippen LogP) is 4.99. The Balaban J connectivity index is 1.71. The molecular weight excluding hydrogens is 313 g/mol. The van der Waals surface area contributed by atoms with Gasteiger partial charge in [0.25, 0.3) is 0 Å². The lowest BCUT2D eigenvalue weighted by atomic mass is 9.53. The SMILES string of the molecule is [C-]#[N+]c1ccc2c(c1F)CCC1C2CC[C@@]2(C)C1CC[C@@]2(O)CC#C. The molecule has 1 N–H and O–H groups in total.